The monoisotopic (exact) mass is 163 g/mol. The molecule has 0 aromatic heterocycles. The first-order chi connectivity index (χ1) is 3.18. The van der Waals surface area contributed by atoms with Gasteiger partial charge in [-0.3, -0.25) is 0 Å². The van der Waals surface area contributed by atoms with Crippen molar-refractivity contribution < 1.29 is 5.11 Å². The molecule has 2 atom stereocenters. The Hall–Kier alpha value is -0.0700. The molecule has 0 aromatic rings. The third-order valence-corrected chi connectivity index (χ3v) is 1.52. The fraction of sp³-hybridized carbons (Fsp3) is 0.750. The van der Waals surface area contributed by atoms with Crippen molar-refractivity contribution >= 4 is 15.9 Å². The zero-order valence-electron chi connectivity index (χ0n) is 3.93. The van der Waals surface area contributed by atoms with Crippen LogP contribution in [0.1, 0.15) is 6.92 Å². The predicted octanol–water partition coefficient (Wildman–Crippen LogP) is 0.654. The van der Waals surface area contributed by atoms with Crippen LogP contribution in [0.3, 0.4) is 0 Å². The van der Waals surface area contributed by atoms with E-state index in [0.717, 1.165) is 0 Å². The molecule has 0 saturated heterocycles. The van der Waals surface area contributed by atoms with Gasteiger partial charge in [-0.05, 0) is 6.92 Å². The Balaban J connectivity index is 3.40. The van der Waals surface area contributed by atoms with Gasteiger partial charge < -0.3 is 5.11 Å². The molecule has 0 aromatic carbocycles. The minimum atomic E-state index is -0.579. The Morgan fingerprint density at radius 2 is 2.29 bits per heavy atom. The van der Waals surface area contributed by atoms with Crippen LogP contribution in [0.2, 0.25) is 0 Å². The molecule has 0 rings (SSSR count). The molecule has 2 nitrogen and oxygen atoms in total. The molecule has 0 spiro atoms. The van der Waals surface area contributed by atoms with Gasteiger partial charge in [0.05, 0.1) is 12.2 Å². The third-order valence-electron chi connectivity index (χ3n) is 0.547. The lowest BCUT2D eigenvalue weighted by atomic mass is 10.3. The second-order valence-corrected chi connectivity index (χ2v) is 2.26. The molecule has 2 unspecified atom stereocenters. The molecule has 7 heavy (non-hydrogen) atoms. The van der Waals surface area contributed by atoms with E-state index >= 15 is 0 Å². The summed E-state index contributed by atoms with van der Waals surface area (Å²) in [5.41, 5.74) is 0. The Kier molecular flexibility index (Phi) is 2.97. The van der Waals surface area contributed by atoms with Crippen LogP contribution in [0.15, 0.2) is 0 Å². The lowest BCUT2D eigenvalue weighted by Crippen LogP contribution is -2.12. The zero-order chi connectivity index (χ0) is 5.86. The molecule has 0 saturated carbocycles. The van der Waals surface area contributed by atoms with Gasteiger partial charge in [0.2, 0.25) is 0 Å². The predicted molar refractivity (Wildman–Crippen MR) is 30.0 cm³/mol. The van der Waals surface area contributed by atoms with E-state index in [1.54, 1.807) is 6.92 Å². The van der Waals surface area contributed by atoms with Crippen molar-refractivity contribution in [1.82, 2.24) is 0 Å². The number of aliphatic hydroxyl groups excluding tert-OH is 1. The minimum Gasteiger partial charge on any atom is -0.391 e. The molecule has 3 heteroatoms. The summed E-state index contributed by atoms with van der Waals surface area (Å²) in [7, 11) is 0. The fourth-order valence-corrected chi connectivity index (χ4v) is 0.108. The molecule has 0 heterocycles. The second kappa shape index (κ2) is 3.00. The van der Waals surface area contributed by atoms with Crippen LogP contribution in [0.4, 0.5) is 0 Å². The first kappa shape index (κ1) is 6.93. The van der Waals surface area contributed by atoms with Gasteiger partial charge in [0.1, 0.15) is 4.83 Å². The van der Waals surface area contributed by atoms with Crippen LogP contribution in [-0.2, 0) is 0 Å². The molecule has 40 valence electrons. The molecular weight excluding hydrogens is 158 g/mol. The molecule has 0 bridgehead atoms. The maximum Gasteiger partial charge on any atom is 0.127 e. The first-order valence-electron chi connectivity index (χ1n) is 1.90. The SMILES string of the molecule is CC(O)C(Br)C#N. The van der Waals surface area contributed by atoms with Crippen molar-refractivity contribution in [2.24, 2.45) is 0 Å². The summed E-state index contributed by atoms with van der Waals surface area (Å²) < 4.78 is 0. The standard InChI is InChI=1S/C4H6BrNO/c1-3(7)4(5)2-6/h3-4,7H,1H3. The molecule has 1 N–H and O–H groups in total. The Morgan fingerprint density at radius 1 is 1.86 bits per heavy atom. The molecule has 0 aliphatic heterocycles. The summed E-state index contributed by atoms with van der Waals surface area (Å²) >= 11 is 2.93. The Labute approximate surface area is 50.9 Å². The van der Waals surface area contributed by atoms with E-state index in [1.807, 2.05) is 6.07 Å². The van der Waals surface area contributed by atoms with Crippen molar-refractivity contribution in [2.45, 2.75) is 17.9 Å². The van der Waals surface area contributed by atoms with Gasteiger partial charge in [-0.2, -0.15) is 5.26 Å². The number of alkyl halides is 1. The average Bonchev–Trinajstić information content (AvgIpc) is 1.65. The molecule has 0 aliphatic carbocycles. The maximum atomic E-state index is 8.55. The van der Waals surface area contributed by atoms with E-state index in [4.69, 9.17) is 10.4 Å². The highest BCUT2D eigenvalue weighted by molar-refractivity contribution is 9.09. The number of halogens is 1. The van der Waals surface area contributed by atoms with E-state index in [1.165, 1.54) is 0 Å². The van der Waals surface area contributed by atoms with Gasteiger partial charge >= 0.3 is 0 Å². The first-order valence-corrected chi connectivity index (χ1v) is 2.82. The van der Waals surface area contributed by atoms with Crippen LogP contribution in [-0.4, -0.2) is 16.0 Å². The van der Waals surface area contributed by atoms with Gasteiger partial charge in [-0.25, -0.2) is 0 Å². The van der Waals surface area contributed by atoms with Crippen molar-refractivity contribution in [1.29, 1.82) is 5.26 Å². The van der Waals surface area contributed by atoms with Crippen molar-refractivity contribution in [2.75, 3.05) is 0 Å². The van der Waals surface area contributed by atoms with Gasteiger partial charge in [-0.1, -0.05) is 15.9 Å². The van der Waals surface area contributed by atoms with Crippen molar-refractivity contribution in [3.63, 3.8) is 0 Å². The molecule has 0 aliphatic rings. The summed E-state index contributed by atoms with van der Waals surface area (Å²) in [5.74, 6) is 0. The molecule has 0 fully saturated rings. The second-order valence-electron chi connectivity index (χ2n) is 1.27. The van der Waals surface area contributed by atoms with Gasteiger partial charge in [-0.15, -0.1) is 0 Å². The van der Waals surface area contributed by atoms with Gasteiger partial charge in [0, 0.05) is 0 Å². The number of nitrogens with zero attached hydrogens (tertiary/aromatic N) is 1. The van der Waals surface area contributed by atoms with Crippen molar-refractivity contribution in [3.8, 4) is 6.07 Å². The highest BCUT2D eigenvalue weighted by Crippen LogP contribution is 2.01. The molecular formula is C4H6BrNO. The average molecular weight is 164 g/mol. The van der Waals surface area contributed by atoms with Crippen LogP contribution in [0.5, 0.6) is 0 Å². The quantitative estimate of drug-likeness (QED) is 0.578. The van der Waals surface area contributed by atoms with E-state index in [0.29, 0.717) is 0 Å². The summed E-state index contributed by atoms with van der Waals surface area (Å²) in [6, 6.07) is 1.83. The van der Waals surface area contributed by atoms with Gasteiger partial charge in [0.15, 0.2) is 0 Å². The normalized spacial score (nSPS) is 17.4. The number of hydrogen-bond donors (Lipinski definition) is 1. The van der Waals surface area contributed by atoms with E-state index in [2.05, 4.69) is 15.9 Å². The highest BCUT2D eigenvalue weighted by Gasteiger charge is 2.06. The van der Waals surface area contributed by atoms with E-state index < -0.39 is 10.9 Å². The molecule has 0 radical (unpaired) electrons. The van der Waals surface area contributed by atoms with Crippen LogP contribution >= 0.6 is 15.9 Å². The smallest absolute Gasteiger partial charge is 0.127 e. The lowest BCUT2D eigenvalue weighted by molar-refractivity contribution is 0.207. The van der Waals surface area contributed by atoms with E-state index in [-0.39, 0.29) is 0 Å². The van der Waals surface area contributed by atoms with Gasteiger partial charge in [0.25, 0.3) is 0 Å². The third kappa shape index (κ3) is 2.60. The summed E-state index contributed by atoms with van der Waals surface area (Å²) in [6.45, 7) is 1.56. The lowest BCUT2D eigenvalue weighted by Gasteiger charge is -1.99. The fourth-order valence-electron chi connectivity index (χ4n) is 0.108. The summed E-state index contributed by atoms with van der Waals surface area (Å²) in [6.07, 6.45) is -0.579. The van der Waals surface area contributed by atoms with Crippen molar-refractivity contribution in [3.05, 3.63) is 0 Å². The number of nitriles is 1. The van der Waals surface area contributed by atoms with Crippen LogP contribution in [0, 0.1) is 11.3 Å². The number of rotatable bonds is 1. The molecule has 0 amide bonds. The minimum absolute atomic E-state index is 0.424. The van der Waals surface area contributed by atoms with Crippen LogP contribution < -0.4 is 0 Å². The highest BCUT2D eigenvalue weighted by atomic mass is 79.9. The van der Waals surface area contributed by atoms with E-state index in [9.17, 15) is 0 Å². The summed E-state index contributed by atoms with van der Waals surface area (Å²) in [5, 5.41) is 16.6. The van der Waals surface area contributed by atoms with Crippen LogP contribution in [0.25, 0.3) is 0 Å². The maximum absolute atomic E-state index is 8.55. The Morgan fingerprint density at radius 3 is 2.29 bits per heavy atom. The number of aliphatic hydroxyl groups is 1. The number of hydrogen-bond acceptors (Lipinski definition) is 2. The Bertz CT molecular complexity index is 86.2. The largest absolute Gasteiger partial charge is 0.391 e. The topological polar surface area (TPSA) is 44.0 Å². The summed E-state index contributed by atoms with van der Waals surface area (Å²) in [4.78, 5) is -0.424. The zero-order valence-corrected chi connectivity index (χ0v) is 5.51.